The monoisotopic (exact) mass is 560 g/mol. The van der Waals surface area contributed by atoms with Crippen LogP contribution in [-0.4, -0.2) is 188 Å². The first-order valence-electron chi connectivity index (χ1n) is 12.4. The molecule has 0 spiro atoms. The maximum absolute atomic E-state index is 10.7. The van der Waals surface area contributed by atoms with E-state index in [1.165, 1.54) is 0 Å². The van der Waals surface area contributed by atoms with E-state index in [1.54, 1.807) is 0 Å². The van der Waals surface area contributed by atoms with E-state index in [1.807, 2.05) is 0 Å². The van der Waals surface area contributed by atoms with Crippen LogP contribution < -0.4 is 0 Å². The predicted octanol–water partition coefficient (Wildman–Crippen LogP) is -7.20. The van der Waals surface area contributed by atoms with Crippen LogP contribution in [-0.2, 0) is 23.7 Å². The van der Waals surface area contributed by atoms with Gasteiger partial charge in [-0.25, -0.2) is 0 Å². The number of hydrogen-bond acceptors (Lipinski definition) is 16. The van der Waals surface area contributed by atoms with Gasteiger partial charge in [0.15, 0.2) is 0 Å². The van der Waals surface area contributed by atoms with Gasteiger partial charge in [-0.1, -0.05) is 0 Å². The SMILES string of the molecule is OCC1O[C@@H](COC[C@H]2C(CO)O[C@@H](COC[C@]3(CO)O[C@@H](CO)[C@@H](O)C3O)C(O)[C@H]2O)C(O)[C@@H](O)[C@H]1O. The van der Waals surface area contributed by atoms with Crippen molar-refractivity contribution in [1.82, 2.24) is 0 Å². The molecule has 3 saturated heterocycles. The summed E-state index contributed by atoms with van der Waals surface area (Å²) in [5.41, 5.74) is -1.73. The van der Waals surface area contributed by atoms with Gasteiger partial charge in [-0.05, 0) is 0 Å². The first-order chi connectivity index (χ1) is 18.0. The van der Waals surface area contributed by atoms with Crippen LogP contribution in [0, 0.1) is 5.92 Å². The standard InChI is InChI=1S/C22H40O16/c23-1-10-9(4-34-5-13-18(30)20(32)16(28)11(2-24)37-13)15(27)17(29)14(36-10)6-35-8-22(7-26)21(33)19(31)12(3-25)38-22/h9-21,23-33H,1-8H2/t9-,10?,11?,12-,13-,14-,15-,16-,17?,18?,19+,20-,21?,22-/m0/s1. The van der Waals surface area contributed by atoms with E-state index in [9.17, 15) is 56.2 Å². The molecule has 0 aromatic heterocycles. The largest absolute Gasteiger partial charge is 0.394 e. The average Bonchev–Trinajstić information content (AvgIpc) is 3.17. The minimum atomic E-state index is -1.73. The van der Waals surface area contributed by atoms with Gasteiger partial charge in [-0.15, -0.1) is 0 Å². The normalized spacial score (nSPS) is 47.9. The highest BCUT2D eigenvalue weighted by Gasteiger charge is 2.54. The number of aliphatic hydroxyl groups is 11. The summed E-state index contributed by atoms with van der Waals surface area (Å²) in [5, 5.41) is 109. The molecule has 3 aliphatic rings. The lowest BCUT2D eigenvalue weighted by molar-refractivity contribution is -0.250. The fraction of sp³-hybridized carbons (Fsp3) is 1.00. The summed E-state index contributed by atoms with van der Waals surface area (Å²) < 4.78 is 27.4. The molecule has 3 rings (SSSR count). The molecule has 16 heteroatoms. The minimum absolute atomic E-state index is 0.264. The Labute approximate surface area is 218 Å². The molecule has 3 fully saturated rings. The van der Waals surface area contributed by atoms with Crippen molar-refractivity contribution < 1.29 is 79.9 Å². The quantitative estimate of drug-likeness (QED) is 0.106. The van der Waals surface area contributed by atoms with E-state index in [0.717, 1.165) is 0 Å². The predicted molar refractivity (Wildman–Crippen MR) is 120 cm³/mol. The lowest BCUT2D eigenvalue weighted by atomic mass is 9.87. The molecule has 3 heterocycles. The van der Waals surface area contributed by atoms with Gasteiger partial charge in [0, 0.05) is 5.92 Å². The van der Waals surface area contributed by atoms with Crippen LogP contribution in [0.2, 0.25) is 0 Å². The Hall–Kier alpha value is -0.640. The van der Waals surface area contributed by atoms with Crippen LogP contribution in [0.25, 0.3) is 0 Å². The molecule has 3 aliphatic heterocycles. The van der Waals surface area contributed by atoms with Crippen LogP contribution >= 0.6 is 0 Å². The molecular weight excluding hydrogens is 520 g/mol. The van der Waals surface area contributed by atoms with Crippen molar-refractivity contribution in [2.75, 3.05) is 52.9 Å². The van der Waals surface area contributed by atoms with Gasteiger partial charge in [0.25, 0.3) is 0 Å². The van der Waals surface area contributed by atoms with Crippen molar-refractivity contribution in [3.8, 4) is 0 Å². The van der Waals surface area contributed by atoms with Crippen molar-refractivity contribution in [2.45, 2.75) is 78.8 Å². The van der Waals surface area contributed by atoms with Gasteiger partial charge in [0.1, 0.15) is 66.6 Å². The molecule has 11 N–H and O–H groups in total. The van der Waals surface area contributed by atoms with E-state index in [-0.39, 0.29) is 19.8 Å². The van der Waals surface area contributed by atoms with Gasteiger partial charge in [0.2, 0.25) is 0 Å². The lowest BCUT2D eigenvalue weighted by Gasteiger charge is -2.43. The summed E-state index contributed by atoms with van der Waals surface area (Å²) in [7, 11) is 0. The number of rotatable bonds is 12. The zero-order valence-corrected chi connectivity index (χ0v) is 20.6. The molecule has 14 atom stereocenters. The summed E-state index contributed by atoms with van der Waals surface area (Å²) in [6.07, 6.45) is -16.1. The summed E-state index contributed by atoms with van der Waals surface area (Å²) in [4.78, 5) is 0. The smallest absolute Gasteiger partial charge is 0.143 e. The summed E-state index contributed by atoms with van der Waals surface area (Å²) in [6.45, 7) is -3.90. The minimum Gasteiger partial charge on any atom is -0.394 e. The highest BCUT2D eigenvalue weighted by molar-refractivity contribution is 5.02. The molecular formula is C22H40O16. The number of aliphatic hydroxyl groups excluding tert-OH is 11. The Morgan fingerprint density at radius 3 is 1.61 bits per heavy atom. The van der Waals surface area contributed by atoms with Crippen LogP contribution in [0.3, 0.4) is 0 Å². The molecule has 0 saturated carbocycles. The average molecular weight is 561 g/mol. The molecule has 0 radical (unpaired) electrons. The number of ether oxygens (including phenoxy) is 5. The first kappa shape index (κ1) is 31.9. The zero-order valence-electron chi connectivity index (χ0n) is 20.6. The second kappa shape index (κ2) is 13.8. The highest BCUT2D eigenvalue weighted by atomic mass is 16.6. The Morgan fingerprint density at radius 1 is 0.526 bits per heavy atom. The summed E-state index contributed by atoms with van der Waals surface area (Å²) >= 11 is 0. The molecule has 224 valence electrons. The Kier molecular flexibility index (Phi) is 11.6. The fourth-order valence-electron chi connectivity index (χ4n) is 5.00. The van der Waals surface area contributed by atoms with E-state index >= 15 is 0 Å². The third kappa shape index (κ3) is 6.46. The van der Waals surface area contributed by atoms with Gasteiger partial charge in [-0.2, -0.15) is 0 Å². The Balaban J connectivity index is 1.52. The van der Waals surface area contributed by atoms with Crippen molar-refractivity contribution in [3.05, 3.63) is 0 Å². The molecule has 0 aromatic carbocycles. The highest BCUT2D eigenvalue weighted by Crippen LogP contribution is 2.32. The van der Waals surface area contributed by atoms with Crippen molar-refractivity contribution in [2.24, 2.45) is 5.92 Å². The fourth-order valence-corrected chi connectivity index (χ4v) is 5.00. The molecule has 0 amide bonds. The van der Waals surface area contributed by atoms with Gasteiger partial charge in [0.05, 0.1) is 65.1 Å². The van der Waals surface area contributed by atoms with E-state index in [4.69, 9.17) is 23.7 Å². The third-order valence-corrected chi connectivity index (χ3v) is 7.47. The van der Waals surface area contributed by atoms with Crippen LogP contribution in [0.1, 0.15) is 0 Å². The van der Waals surface area contributed by atoms with Gasteiger partial charge >= 0.3 is 0 Å². The van der Waals surface area contributed by atoms with E-state index < -0.39 is 118 Å². The van der Waals surface area contributed by atoms with Crippen LogP contribution in [0.5, 0.6) is 0 Å². The van der Waals surface area contributed by atoms with Gasteiger partial charge in [-0.3, -0.25) is 0 Å². The Morgan fingerprint density at radius 2 is 1.05 bits per heavy atom. The molecule has 0 bridgehead atoms. The molecule has 0 aliphatic carbocycles. The van der Waals surface area contributed by atoms with Crippen LogP contribution in [0.15, 0.2) is 0 Å². The topological polar surface area (TPSA) is 269 Å². The third-order valence-electron chi connectivity index (χ3n) is 7.47. The van der Waals surface area contributed by atoms with Crippen molar-refractivity contribution in [1.29, 1.82) is 0 Å². The first-order valence-corrected chi connectivity index (χ1v) is 12.4. The lowest BCUT2D eigenvalue weighted by Crippen LogP contribution is -2.60. The second-order valence-corrected chi connectivity index (χ2v) is 9.96. The van der Waals surface area contributed by atoms with Crippen molar-refractivity contribution >= 4 is 0 Å². The molecule has 38 heavy (non-hydrogen) atoms. The molecule has 0 aromatic rings. The molecule has 16 nitrogen and oxygen atoms in total. The Bertz CT molecular complexity index is 713. The van der Waals surface area contributed by atoms with Crippen LogP contribution in [0.4, 0.5) is 0 Å². The summed E-state index contributed by atoms with van der Waals surface area (Å²) in [5.74, 6) is -0.930. The summed E-state index contributed by atoms with van der Waals surface area (Å²) in [6, 6.07) is 0. The maximum atomic E-state index is 10.7. The number of hydrogen-bond donors (Lipinski definition) is 11. The van der Waals surface area contributed by atoms with Gasteiger partial charge < -0.3 is 79.9 Å². The second-order valence-electron chi connectivity index (χ2n) is 9.96. The van der Waals surface area contributed by atoms with Crippen molar-refractivity contribution in [3.63, 3.8) is 0 Å². The van der Waals surface area contributed by atoms with E-state index in [0.29, 0.717) is 0 Å². The maximum Gasteiger partial charge on any atom is 0.143 e. The zero-order chi connectivity index (χ0) is 28.2. The van der Waals surface area contributed by atoms with E-state index in [2.05, 4.69) is 0 Å². The molecule has 5 unspecified atom stereocenters.